The number of nitrogen functional groups attached to an aromatic ring is 1. The molecule has 0 aliphatic heterocycles. The highest BCUT2D eigenvalue weighted by molar-refractivity contribution is 5.99. The van der Waals surface area contributed by atoms with Crippen molar-refractivity contribution in [2.75, 3.05) is 36.1 Å². The van der Waals surface area contributed by atoms with Crippen molar-refractivity contribution < 1.29 is 27.8 Å². The highest BCUT2D eigenvalue weighted by atomic mass is 19.4. The lowest BCUT2D eigenvalue weighted by molar-refractivity contribution is -0.141. The Morgan fingerprint density at radius 1 is 1.18 bits per heavy atom. The maximum Gasteiger partial charge on any atom is 0.433 e. The zero-order chi connectivity index (χ0) is 27.3. The van der Waals surface area contributed by atoms with Gasteiger partial charge in [-0.2, -0.15) is 18.3 Å². The molecule has 6 N–H and O–H groups in total. The molecule has 200 valence electrons. The van der Waals surface area contributed by atoms with Gasteiger partial charge in [0.25, 0.3) is 0 Å². The summed E-state index contributed by atoms with van der Waals surface area (Å²) in [6.45, 7) is 3.25. The molecule has 4 rings (SSSR count). The third-order valence-electron chi connectivity index (χ3n) is 5.43. The molecule has 0 fully saturated rings. The lowest BCUT2D eigenvalue weighted by atomic mass is 10.0. The lowest BCUT2D eigenvalue weighted by Gasteiger charge is -2.15. The number of hydrogen-bond donors (Lipinski definition) is 5. The van der Waals surface area contributed by atoms with Crippen LogP contribution in [0.5, 0.6) is 0 Å². The van der Waals surface area contributed by atoms with Crippen molar-refractivity contribution >= 4 is 28.9 Å². The fraction of sp³-hybridized carbons (Fsp3) is 0.250. The van der Waals surface area contributed by atoms with Gasteiger partial charge < -0.3 is 20.9 Å². The number of carbonyl (C=O) groups is 1. The molecule has 1 unspecified atom stereocenters. The summed E-state index contributed by atoms with van der Waals surface area (Å²) in [5.41, 5.74) is 7.60. The first-order valence-corrected chi connectivity index (χ1v) is 11.5. The van der Waals surface area contributed by atoms with Crippen molar-refractivity contribution in [3.63, 3.8) is 0 Å². The smallest absolute Gasteiger partial charge is 0.382 e. The van der Waals surface area contributed by atoms with E-state index in [0.29, 0.717) is 47.7 Å². The van der Waals surface area contributed by atoms with Crippen LogP contribution < -0.4 is 21.7 Å². The Morgan fingerprint density at radius 3 is 2.66 bits per heavy atom. The second-order valence-electron chi connectivity index (χ2n) is 8.01. The SMILES string of the molecule is CCOCCNC(O)c1cn2ncnc(N)c2c1-c1ccc(NC(=O)Nc2cccc(C(F)(F)F)n2)cc1. The number of nitrogens with zero attached hydrogens (tertiary/aromatic N) is 4. The van der Waals surface area contributed by atoms with Gasteiger partial charge in [-0.3, -0.25) is 10.6 Å². The largest absolute Gasteiger partial charge is 0.433 e. The number of alkyl halides is 3. The molecule has 11 nitrogen and oxygen atoms in total. The van der Waals surface area contributed by atoms with Crippen molar-refractivity contribution in [1.82, 2.24) is 24.9 Å². The first-order chi connectivity index (χ1) is 18.2. The monoisotopic (exact) mass is 530 g/mol. The summed E-state index contributed by atoms with van der Waals surface area (Å²) in [6, 6.07) is 9.00. The number of nitrogens with two attached hydrogens (primary N) is 1. The van der Waals surface area contributed by atoms with Crippen LogP contribution in [-0.4, -0.2) is 50.5 Å². The van der Waals surface area contributed by atoms with E-state index >= 15 is 0 Å². The Morgan fingerprint density at radius 2 is 1.95 bits per heavy atom. The number of nitrogens with one attached hydrogen (secondary N) is 3. The van der Waals surface area contributed by atoms with E-state index in [0.717, 1.165) is 12.1 Å². The van der Waals surface area contributed by atoms with Crippen LogP contribution in [0.3, 0.4) is 0 Å². The first-order valence-electron chi connectivity index (χ1n) is 11.5. The Kier molecular flexibility index (Phi) is 8.05. The van der Waals surface area contributed by atoms with Crippen LogP contribution >= 0.6 is 0 Å². The zero-order valence-electron chi connectivity index (χ0n) is 20.2. The molecule has 0 saturated carbocycles. The van der Waals surface area contributed by atoms with Gasteiger partial charge in [0.05, 0.1) is 6.61 Å². The second kappa shape index (κ2) is 11.4. The number of hydrogen-bond acceptors (Lipinski definition) is 8. The molecule has 0 radical (unpaired) electrons. The average Bonchev–Trinajstić information content (AvgIpc) is 3.28. The summed E-state index contributed by atoms with van der Waals surface area (Å²) in [4.78, 5) is 19.8. The van der Waals surface area contributed by atoms with Crippen LogP contribution in [0, 0.1) is 0 Å². The Balaban J connectivity index is 1.54. The van der Waals surface area contributed by atoms with Gasteiger partial charge in [-0.05, 0) is 36.8 Å². The van der Waals surface area contributed by atoms with Crippen LogP contribution in [0.15, 0.2) is 55.0 Å². The Hall–Kier alpha value is -4.27. The van der Waals surface area contributed by atoms with Gasteiger partial charge >= 0.3 is 12.2 Å². The fourth-order valence-corrected chi connectivity index (χ4v) is 3.75. The number of carbonyl (C=O) groups excluding carboxylic acids is 1. The summed E-state index contributed by atoms with van der Waals surface area (Å²) < 4.78 is 45.4. The van der Waals surface area contributed by atoms with Crippen LogP contribution in [0.4, 0.5) is 35.3 Å². The van der Waals surface area contributed by atoms with Gasteiger partial charge in [-0.25, -0.2) is 19.3 Å². The van der Waals surface area contributed by atoms with Crippen molar-refractivity contribution in [3.8, 4) is 11.1 Å². The number of urea groups is 1. The summed E-state index contributed by atoms with van der Waals surface area (Å²) in [5, 5.41) is 22.8. The van der Waals surface area contributed by atoms with E-state index in [-0.39, 0.29) is 11.6 Å². The van der Waals surface area contributed by atoms with Gasteiger partial charge in [-0.15, -0.1) is 0 Å². The van der Waals surface area contributed by atoms with E-state index in [9.17, 15) is 23.1 Å². The number of rotatable bonds is 9. The number of ether oxygens (including phenoxy) is 1. The number of benzene rings is 1. The molecule has 3 heterocycles. The Labute approximate surface area is 214 Å². The van der Waals surface area contributed by atoms with E-state index in [2.05, 4.69) is 31.0 Å². The number of fused-ring (bicyclic) bond motifs is 1. The third kappa shape index (κ3) is 6.16. The van der Waals surface area contributed by atoms with Crippen LogP contribution in [-0.2, 0) is 10.9 Å². The summed E-state index contributed by atoms with van der Waals surface area (Å²) in [5.74, 6) is -0.0434. The van der Waals surface area contributed by atoms with Crippen LogP contribution in [0.25, 0.3) is 16.6 Å². The normalized spacial score (nSPS) is 12.4. The van der Waals surface area contributed by atoms with Crippen molar-refractivity contribution in [2.24, 2.45) is 0 Å². The Bertz CT molecular complexity index is 1410. The molecule has 0 saturated heterocycles. The molecule has 38 heavy (non-hydrogen) atoms. The minimum Gasteiger partial charge on any atom is -0.382 e. The minimum atomic E-state index is -4.63. The maximum atomic E-state index is 12.9. The standard InChI is InChI=1S/C24H25F3N8O3/c1-2-38-11-10-29-22(36)16-12-35-20(21(28)30-13-31-35)19(16)14-6-8-15(9-7-14)32-23(37)34-18-5-3-4-17(33-18)24(25,26)27/h3-9,12-13,22,29,36H,2,10-11H2,1H3,(H2,28,30,31)(H2,32,33,34,37). The van der Waals surface area contributed by atoms with Crippen molar-refractivity contribution in [3.05, 3.63) is 66.2 Å². The molecular formula is C24H25F3N8O3. The molecule has 14 heteroatoms. The molecule has 4 aromatic rings. The summed E-state index contributed by atoms with van der Waals surface area (Å²) in [7, 11) is 0. The van der Waals surface area contributed by atoms with E-state index in [1.165, 1.54) is 16.9 Å². The minimum absolute atomic E-state index is 0.206. The molecule has 3 aromatic heterocycles. The number of anilines is 3. The molecule has 0 aliphatic rings. The molecule has 0 aliphatic carbocycles. The van der Waals surface area contributed by atoms with E-state index in [1.807, 2.05) is 6.92 Å². The lowest BCUT2D eigenvalue weighted by Crippen LogP contribution is -2.25. The molecule has 1 atom stereocenters. The number of pyridine rings is 1. The number of aliphatic hydroxyl groups is 1. The van der Waals surface area contributed by atoms with Crippen molar-refractivity contribution in [1.29, 1.82) is 0 Å². The highest BCUT2D eigenvalue weighted by Crippen LogP contribution is 2.35. The molecule has 0 bridgehead atoms. The molecule has 1 aromatic carbocycles. The van der Waals surface area contributed by atoms with E-state index < -0.39 is 24.1 Å². The van der Waals surface area contributed by atoms with E-state index in [4.69, 9.17) is 10.5 Å². The number of aromatic nitrogens is 4. The number of halogens is 3. The first kappa shape index (κ1) is 26.8. The molecule has 0 spiro atoms. The zero-order valence-corrected chi connectivity index (χ0v) is 20.2. The maximum absolute atomic E-state index is 12.9. The molecular weight excluding hydrogens is 505 g/mol. The molecule has 2 amide bonds. The van der Waals surface area contributed by atoms with Crippen LogP contribution in [0.2, 0.25) is 0 Å². The van der Waals surface area contributed by atoms with Gasteiger partial charge in [0.1, 0.15) is 29.6 Å². The van der Waals surface area contributed by atoms with Gasteiger partial charge in [-0.1, -0.05) is 18.2 Å². The fourth-order valence-electron chi connectivity index (χ4n) is 3.75. The predicted octanol–water partition coefficient (Wildman–Crippen LogP) is 3.65. The van der Waals surface area contributed by atoms with Gasteiger partial charge in [0.15, 0.2) is 5.82 Å². The second-order valence-corrected chi connectivity index (χ2v) is 8.01. The number of amides is 2. The van der Waals surface area contributed by atoms with Gasteiger partial charge in [0.2, 0.25) is 0 Å². The topological polar surface area (TPSA) is 152 Å². The van der Waals surface area contributed by atoms with E-state index in [1.54, 1.807) is 30.5 Å². The third-order valence-corrected chi connectivity index (χ3v) is 5.43. The van der Waals surface area contributed by atoms with Crippen LogP contribution in [0.1, 0.15) is 24.4 Å². The summed E-state index contributed by atoms with van der Waals surface area (Å²) >= 11 is 0. The quantitative estimate of drug-likeness (QED) is 0.162. The number of aliphatic hydroxyl groups excluding tert-OH is 1. The van der Waals surface area contributed by atoms with Gasteiger partial charge in [0, 0.05) is 36.2 Å². The summed E-state index contributed by atoms with van der Waals surface area (Å²) in [6.07, 6.45) is -2.75. The van der Waals surface area contributed by atoms with Crippen molar-refractivity contribution in [2.45, 2.75) is 19.3 Å². The average molecular weight is 531 g/mol. The predicted molar refractivity (Wildman–Crippen MR) is 134 cm³/mol. The highest BCUT2D eigenvalue weighted by Gasteiger charge is 2.32.